The predicted molar refractivity (Wildman–Crippen MR) is 84.5 cm³/mol. The van der Waals surface area contributed by atoms with Crippen molar-refractivity contribution in [3.05, 3.63) is 35.9 Å². The van der Waals surface area contributed by atoms with Crippen LogP contribution in [0.25, 0.3) is 0 Å². The first-order valence-electron chi connectivity index (χ1n) is 7.75. The molecule has 6 heteroatoms. The quantitative estimate of drug-likeness (QED) is 0.831. The Bertz CT molecular complexity index is 588. The summed E-state index contributed by atoms with van der Waals surface area (Å²) in [5, 5.41) is 11.5. The number of likely N-dealkylation sites (tertiary alicyclic amines) is 1. The lowest BCUT2D eigenvalue weighted by molar-refractivity contribution is -0.141. The number of amides is 2. The maximum atomic E-state index is 12.2. The second-order valence-corrected chi connectivity index (χ2v) is 6.02. The summed E-state index contributed by atoms with van der Waals surface area (Å²) in [5.41, 5.74) is 1.03. The van der Waals surface area contributed by atoms with Gasteiger partial charge in [0.1, 0.15) is 0 Å². The molecule has 23 heavy (non-hydrogen) atoms. The Hall–Kier alpha value is -2.37. The number of aliphatic carboxylic acids is 1. The minimum absolute atomic E-state index is 0.0483. The Kier molecular flexibility index (Phi) is 5.36. The first-order valence-corrected chi connectivity index (χ1v) is 7.75. The second-order valence-electron chi connectivity index (χ2n) is 6.02. The first kappa shape index (κ1) is 17.0. The van der Waals surface area contributed by atoms with Crippen LogP contribution in [0.3, 0.4) is 0 Å². The molecule has 1 heterocycles. The molecule has 124 valence electrons. The van der Waals surface area contributed by atoms with Crippen molar-refractivity contribution in [3.8, 4) is 0 Å². The van der Waals surface area contributed by atoms with Crippen LogP contribution in [0.1, 0.15) is 31.9 Å². The average Bonchev–Trinajstić information content (AvgIpc) is 2.94. The number of hydrogen-bond acceptors (Lipinski definition) is 3. The monoisotopic (exact) mass is 318 g/mol. The van der Waals surface area contributed by atoms with Gasteiger partial charge in [-0.05, 0) is 12.5 Å². The number of carboxylic acids is 1. The summed E-state index contributed by atoms with van der Waals surface area (Å²) in [4.78, 5) is 36.8. The van der Waals surface area contributed by atoms with Crippen LogP contribution in [0.15, 0.2) is 30.3 Å². The molecule has 6 nitrogen and oxygen atoms in total. The first-order chi connectivity index (χ1) is 10.9. The highest BCUT2D eigenvalue weighted by Crippen LogP contribution is 2.28. The second kappa shape index (κ2) is 7.26. The third-order valence-electron chi connectivity index (χ3n) is 4.28. The lowest BCUT2D eigenvalue weighted by Crippen LogP contribution is -2.37. The molecule has 1 aromatic carbocycles. The summed E-state index contributed by atoms with van der Waals surface area (Å²) in [6, 6.07) is 9.59. The van der Waals surface area contributed by atoms with E-state index < -0.39 is 17.8 Å². The van der Waals surface area contributed by atoms with Gasteiger partial charge in [0.15, 0.2) is 0 Å². The third-order valence-corrected chi connectivity index (χ3v) is 4.28. The molecule has 0 saturated carbocycles. The van der Waals surface area contributed by atoms with E-state index in [2.05, 4.69) is 5.32 Å². The molecule has 0 spiro atoms. The van der Waals surface area contributed by atoms with Crippen LogP contribution < -0.4 is 5.32 Å². The van der Waals surface area contributed by atoms with Gasteiger partial charge >= 0.3 is 5.97 Å². The van der Waals surface area contributed by atoms with Gasteiger partial charge in [0, 0.05) is 19.5 Å². The zero-order chi connectivity index (χ0) is 17.0. The van der Waals surface area contributed by atoms with Crippen LogP contribution in [0.4, 0.5) is 0 Å². The Labute approximate surface area is 135 Å². The molecule has 2 N–H and O–H groups in total. The summed E-state index contributed by atoms with van der Waals surface area (Å²) in [5.74, 6) is -2.32. The molecule has 2 rings (SSSR count). The van der Waals surface area contributed by atoms with Crippen LogP contribution in [0.5, 0.6) is 0 Å². The minimum Gasteiger partial charge on any atom is -0.481 e. The zero-order valence-corrected chi connectivity index (χ0v) is 13.4. The summed E-state index contributed by atoms with van der Waals surface area (Å²) in [6.45, 7) is 3.92. The number of carbonyl (C=O) groups excluding carboxylic acids is 2. The Morgan fingerprint density at radius 2 is 1.96 bits per heavy atom. The van der Waals surface area contributed by atoms with Crippen LogP contribution in [-0.4, -0.2) is 40.9 Å². The number of nitrogens with one attached hydrogen (secondary N) is 1. The molecule has 2 amide bonds. The normalized spacial score (nSPS) is 20.2. The third kappa shape index (κ3) is 4.09. The van der Waals surface area contributed by atoms with Crippen LogP contribution in [0, 0.1) is 11.8 Å². The predicted octanol–water partition coefficient (Wildman–Crippen LogP) is 1.43. The number of benzene rings is 1. The Morgan fingerprint density at radius 1 is 1.30 bits per heavy atom. The van der Waals surface area contributed by atoms with Crippen molar-refractivity contribution in [1.29, 1.82) is 0 Å². The smallest absolute Gasteiger partial charge is 0.308 e. The van der Waals surface area contributed by atoms with E-state index in [1.54, 1.807) is 4.90 Å². The van der Waals surface area contributed by atoms with Crippen molar-refractivity contribution in [2.45, 2.75) is 26.3 Å². The van der Waals surface area contributed by atoms with Gasteiger partial charge in [0.25, 0.3) is 0 Å². The number of carboxylic acid groups (broad SMARTS) is 1. The summed E-state index contributed by atoms with van der Waals surface area (Å²) in [6.07, 6.45) is 0.171. The molecule has 0 bridgehead atoms. The molecule has 1 aromatic rings. The molecule has 1 saturated heterocycles. The minimum atomic E-state index is -0.952. The van der Waals surface area contributed by atoms with E-state index in [9.17, 15) is 14.4 Å². The molecule has 1 fully saturated rings. The van der Waals surface area contributed by atoms with Crippen molar-refractivity contribution < 1.29 is 19.5 Å². The number of carbonyl (C=O) groups is 3. The highest BCUT2D eigenvalue weighted by Gasteiger charge is 2.37. The van der Waals surface area contributed by atoms with Crippen molar-refractivity contribution in [2.75, 3.05) is 13.1 Å². The average molecular weight is 318 g/mol. The molecule has 1 aliphatic rings. The van der Waals surface area contributed by atoms with E-state index in [0.717, 1.165) is 5.56 Å². The van der Waals surface area contributed by atoms with Crippen molar-refractivity contribution in [2.24, 2.45) is 11.8 Å². The van der Waals surface area contributed by atoms with Gasteiger partial charge in [-0.15, -0.1) is 0 Å². The fourth-order valence-electron chi connectivity index (χ4n) is 2.68. The zero-order valence-electron chi connectivity index (χ0n) is 13.4. The van der Waals surface area contributed by atoms with Gasteiger partial charge in [-0.1, -0.05) is 37.3 Å². The van der Waals surface area contributed by atoms with Crippen LogP contribution in [0.2, 0.25) is 0 Å². The molecule has 1 aliphatic heterocycles. The van der Waals surface area contributed by atoms with Gasteiger partial charge in [-0.25, -0.2) is 0 Å². The Balaban J connectivity index is 1.94. The van der Waals surface area contributed by atoms with Gasteiger partial charge in [0.05, 0.1) is 17.9 Å². The fraction of sp³-hybridized carbons (Fsp3) is 0.471. The SMILES string of the molecule is C[C@H](CNC(=O)[C@H]1CC(=O)N([C@H](C)c2ccccc2)C1)C(=O)O. The largest absolute Gasteiger partial charge is 0.481 e. The van der Waals surface area contributed by atoms with Crippen LogP contribution >= 0.6 is 0 Å². The van der Waals surface area contributed by atoms with Gasteiger partial charge in [0.2, 0.25) is 11.8 Å². The number of rotatable bonds is 6. The maximum Gasteiger partial charge on any atom is 0.308 e. The van der Waals surface area contributed by atoms with Crippen molar-refractivity contribution in [1.82, 2.24) is 10.2 Å². The lowest BCUT2D eigenvalue weighted by Gasteiger charge is -2.25. The van der Waals surface area contributed by atoms with E-state index >= 15 is 0 Å². The van der Waals surface area contributed by atoms with E-state index in [4.69, 9.17) is 5.11 Å². The molecule has 0 radical (unpaired) electrons. The summed E-state index contributed by atoms with van der Waals surface area (Å²) >= 11 is 0. The molecular weight excluding hydrogens is 296 g/mol. The van der Waals surface area contributed by atoms with Gasteiger partial charge in [-0.2, -0.15) is 0 Å². The van der Waals surface area contributed by atoms with Gasteiger partial charge < -0.3 is 15.3 Å². The molecular formula is C17H22N2O4. The standard InChI is InChI=1S/C17H22N2O4/c1-11(17(22)23)9-18-16(21)14-8-15(20)19(10-14)12(2)13-6-4-3-5-7-13/h3-7,11-12,14H,8-10H2,1-2H3,(H,18,21)(H,22,23)/t11-,12-,14+/m1/s1. The molecule has 3 atom stereocenters. The van der Waals surface area contributed by atoms with Crippen molar-refractivity contribution in [3.63, 3.8) is 0 Å². The molecule has 0 aliphatic carbocycles. The van der Waals surface area contributed by atoms with E-state index in [1.165, 1.54) is 6.92 Å². The molecule has 0 unspecified atom stereocenters. The highest BCUT2D eigenvalue weighted by atomic mass is 16.4. The highest BCUT2D eigenvalue weighted by molar-refractivity contribution is 5.89. The van der Waals surface area contributed by atoms with E-state index in [-0.39, 0.29) is 30.8 Å². The topological polar surface area (TPSA) is 86.7 Å². The van der Waals surface area contributed by atoms with E-state index in [1.807, 2.05) is 37.3 Å². The Morgan fingerprint density at radius 3 is 2.57 bits per heavy atom. The number of hydrogen-bond donors (Lipinski definition) is 2. The lowest BCUT2D eigenvalue weighted by atomic mass is 10.1. The number of nitrogens with zero attached hydrogens (tertiary/aromatic N) is 1. The van der Waals surface area contributed by atoms with E-state index in [0.29, 0.717) is 6.54 Å². The van der Waals surface area contributed by atoms with Crippen molar-refractivity contribution >= 4 is 17.8 Å². The maximum absolute atomic E-state index is 12.2. The summed E-state index contributed by atoms with van der Waals surface area (Å²) in [7, 11) is 0. The molecule has 0 aromatic heterocycles. The fourth-order valence-corrected chi connectivity index (χ4v) is 2.68. The summed E-state index contributed by atoms with van der Waals surface area (Å²) < 4.78 is 0. The van der Waals surface area contributed by atoms with Crippen LogP contribution in [-0.2, 0) is 14.4 Å². The van der Waals surface area contributed by atoms with Gasteiger partial charge in [-0.3, -0.25) is 14.4 Å².